The van der Waals surface area contributed by atoms with Gasteiger partial charge in [-0.2, -0.15) is 0 Å². The summed E-state index contributed by atoms with van der Waals surface area (Å²) < 4.78 is 0. The molecule has 1 heteroatoms. The fourth-order valence-corrected chi connectivity index (χ4v) is 2.37. The molecular formula is C19H25N. The number of hydrogen-bond acceptors (Lipinski definition) is 1. The summed E-state index contributed by atoms with van der Waals surface area (Å²) in [6.45, 7) is 7.56. The molecule has 1 N–H and O–H groups in total. The van der Waals surface area contributed by atoms with Crippen molar-refractivity contribution >= 4 is 0 Å². The van der Waals surface area contributed by atoms with Gasteiger partial charge < -0.3 is 5.32 Å². The van der Waals surface area contributed by atoms with Crippen LogP contribution in [0.2, 0.25) is 0 Å². The second-order valence-electron chi connectivity index (χ2n) is 5.56. The molecule has 0 saturated heterocycles. The molecule has 0 aliphatic heterocycles. The van der Waals surface area contributed by atoms with Gasteiger partial charge in [-0.25, -0.2) is 0 Å². The van der Waals surface area contributed by atoms with E-state index < -0.39 is 0 Å². The summed E-state index contributed by atoms with van der Waals surface area (Å²) in [5.74, 6) is 0. The summed E-state index contributed by atoms with van der Waals surface area (Å²) in [6.07, 6.45) is 2.44. The van der Waals surface area contributed by atoms with Gasteiger partial charge in [0.15, 0.2) is 0 Å². The van der Waals surface area contributed by atoms with E-state index in [9.17, 15) is 0 Å². The van der Waals surface area contributed by atoms with Crippen LogP contribution in [0.4, 0.5) is 0 Å². The van der Waals surface area contributed by atoms with Gasteiger partial charge >= 0.3 is 0 Å². The van der Waals surface area contributed by atoms with Gasteiger partial charge in [-0.1, -0.05) is 73.0 Å². The largest absolute Gasteiger partial charge is 0.306 e. The Labute approximate surface area is 123 Å². The van der Waals surface area contributed by atoms with Crippen molar-refractivity contribution in [1.82, 2.24) is 5.32 Å². The van der Waals surface area contributed by atoms with Gasteiger partial charge in [0.2, 0.25) is 0 Å². The summed E-state index contributed by atoms with van der Waals surface area (Å²) in [5.41, 5.74) is 5.31. The molecule has 0 fully saturated rings. The molecule has 0 aliphatic rings. The van der Waals surface area contributed by atoms with Crippen LogP contribution in [0, 0.1) is 13.8 Å². The third-order valence-electron chi connectivity index (χ3n) is 3.70. The van der Waals surface area contributed by atoms with E-state index in [0.29, 0.717) is 6.04 Å². The maximum Gasteiger partial charge on any atom is 0.0576 e. The fourth-order valence-electron chi connectivity index (χ4n) is 2.37. The van der Waals surface area contributed by atoms with Crippen LogP contribution in [0.5, 0.6) is 0 Å². The summed E-state index contributed by atoms with van der Waals surface area (Å²) in [6, 6.07) is 18.0. The lowest BCUT2D eigenvalue weighted by atomic mass is 9.97. The van der Waals surface area contributed by atoms with Crippen molar-refractivity contribution in [1.29, 1.82) is 0 Å². The van der Waals surface area contributed by atoms with Crippen molar-refractivity contribution in [3.63, 3.8) is 0 Å². The molecule has 106 valence electrons. The van der Waals surface area contributed by atoms with Gasteiger partial charge in [0.25, 0.3) is 0 Å². The number of benzene rings is 2. The van der Waals surface area contributed by atoms with Crippen LogP contribution in [0.15, 0.2) is 48.5 Å². The van der Waals surface area contributed by atoms with E-state index in [2.05, 4.69) is 74.6 Å². The fraction of sp³-hybridized carbons (Fsp3) is 0.368. The average molecular weight is 267 g/mol. The summed E-state index contributed by atoms with van der Waals surface area (Å²) in [4.78, 5) is 0. The summed E-state index contributed by atoms with van der Waals surface area (Å²) in [7, 11) is 0. The Morgan fingerprint density at radius 1 is 0.800 bits per heavy atom. The first kappa shape index (κ1) is 14.8. The first-order chi connectivity index (χ1) is 9.70. The van der Waals surface area contributed by atoms with Gasteiger partial charge in [0, 0.05) is 0 Å². The molecule has 0 heterocycles. The third-order valence-corrected chi connectivity index (χ3v) is 3.70. The zero-order chi connectivity index (χ0) is 14.4. The maximum absolute atomic E-state index is 3.69. The van der Waals surface area contributed by atoms with Crippen LogP contribution in [0.1, 0.15) is 48.1 Å². The van der Waals surface area contributed by atoms with Gasteiger partial charge in [0.1, 0.15) is 0 Å². The second-order valence-corrected chi connectivity index (χ2v) is 5.56. The van der Waals surface area contributed by atoms with Crippen LogP contribution in [0.3, 0.4) is 0 Å². The number of rotatable bonds is 6. The third kappa shape index (κ3) is 3.94. The first-order valence-electron chi connectivity index (χ1n) is 7.57. The predicted octanol–water partition coefficient (Wildman–Crippen LogP) is 4.78. The van der Waals surface area contributed by atoms with E-state index >= 15 is 0 Å². The van der Waals surface area contributed by atoms with Gasteiger partial charge in [-0.15, -0.1) is 0 Å². The Hall–Kier alpha value is -1.60. The normalized spacial score (nSPS) is 11.0. The van der Waals surface area contributed by atoms with Crippen molar-refractivity contribution < 1.29 is 0 Å². The standard InChI is InChI=1S/C19H25N/c1-4-5-14-20-19(17-10-6-15(2)7-11-17)18-12-8-16(3)9-13-18/h6-13,19-20H,4-5,14H2,1-3H3. The topological polar surface area (TPSA) is 12.0 Å². The van der Waals surface area contributed by atoms with Crippen molar-refractivity contribution in [3.05, 3.63) is 70.8 Å². The lowest BCUT2D eigenvalue weighted by Gasteiger charge is -2.20. The van der Waals surface area contributed by atoms with E-state index in [1.165, 1.54) is 35.1 Å². The lowest BCUT2D eigenvalue weighted by Crippen LogP contribution is -2.23. The molecule has 0 amide bonds. The molecule has 0 atom stereocenters. The highest BCUT2D eigenvalue weighted by Crippen LogP contribution is 2.23. The highest BCUT2D eigenvalue weighted by atomic mass is 14.9. The smallest absolute Gasteiger partial charge is 0.0576 e. The number of aryl methyl sites for hydroxylation is 2. The van der Waals surface area contributed by atoms with Gasteiger partial charge in [-0.3, -0.25) is 0 Å². The van der Waals surface area contributed by atoms with E-state index in [-0.39, 0.29) is 0 Å². The maximum atomic E-state index is 3.69. The monoisotopic (exact) mass is 267 g/mol. The van der Waals surface area contributed by atoms with Crippen molar-refractivity contribution in [3.8, 4) is 0 Å². The molecule has 0 spiro atoms. The molecule has 0 saturated carbocycles. The van der Waals surface area contributed by atoms with Gasteiger partial charge in [0.05, 0.1) is 6.04 Å². The average Bonchev–Trinajstić information content (AvgIpc) is 2.46. The summed E-state index contributed by atoms with van der Waals surface area (Å²) in [5, 5.41) is 3.69. The molecule has 0 unspecified atom stereocenters. The zero-order valence-corrected chi connectivity index (χ0v) is 12.8. The van der Waals surface area contributed by atoms with E-state index in [1.54, 1.807) is 0 Å². The quantitative estimate of drug-likeness (QED) is 0.742. The minimum absolute atomic E-state index is 0.294. The minimum Gasteiger partial charge on any atom is -0.306 e. The Morgan fingerprint density at radius 3 is 1.65 bits per heavy atom. The second kappa shape index (κ2) is 7.25. The molecule has 0 radical (unpaired) electrons. The van der Waals surface area contributed by atoms with Crippen molar-refractivity contribution in [2.24, 2.45) is 0 Å². The lowest BCUT2D eigenvalue weighted by molar-refractivity contribution is 0.579. The van der Waals surface area contributed by atoms with Crippen LogP contribution in [0.25, 0.3) is 0 Å². The SMILES string of the molecule is CCCCNC(c1ccc(C)cc1)c1ccc(C)cc1. The molecule has 2 aromatic carbocycles. The number of nitrogens with one attached hydrogen (secondary N) is 1. The number of unbranched alkanes of at least 4 members (excludes halogenated alkanes) is 1. The first-order valence-corrected chi connectivity index (χ1v) is 7.57. The molecule has 2 aromatic rings. The Morgan fingerprint density at radius 2 is 1.25 bits per heavy atom. The van der Waals surface area contributed by atoms with Crippen LogP contribution in [-0.2, 0) is 0 Å². The van der Waals surface area contributed by atoms with E-state index in [1.807, 2.05) is 0 Å². The molecule has 1 nitrogen and oxygen atoms in total. The van der Waals surface area contributed by atoms with Crippen molar-refractivity contribution in [2.45, 2.75) is 39.7 Å². The molecular weight excluding hydrogens is 242 g/mol. The molecule has 20 heavy (non-hydrogen) atoms. The molecule has 0 aromatic heterocycles. The predicted molar refractivity (Wildman–Crippen MR) is 87.1 cm³/mol. The molecule has 0 aliphatic carbocycles. The minimum atomic E-state index is 0.294. The zero-order valence-electron chi connectivity index (χ0n) is 12.8. The van der Waals surface area contributed by atoms with E-state index in [4.69, 9.17) is 0 Å². The highest BCUT2D eigenvalue weighted by Gasteiger charge is 2.12. The Kier molecular flexibility index (Phi) is 5.37. The van der Waals surface area contributed by atoms with E-state index in [0.717, 1.165) is 6.54 Å². The van der Waals surface area contributed by atoms with Crippen LogP contribution < -0.4 is 5.32 Å². The van der Waals surface area contributed by atoms with Gasteiger partial charge in [-0.05, 0) is 37.9 Å². The Balaban J connectivity index is 2.23. The molecule has 0 bridgehead atoms. The van der Waals surface area contributed by atoms with Crippen LogP contribution >= 0.6 is 0 Å². The highest BCUT2D eigenvalue weighted by molar-refractivity contribution is 5.34. The number of hydrogen-bond donors (Lipinski definition) is 1. The summed E-state index contributed by atoms with van der Waals surface area (Å²) >= 11 is 0. The van der Waals surface area contributed by atoms with Crippen molar-refractivity contribution in [2.75, 3.05) is 6.54 Å². The van der Waals surface area contributed by atoms with Crippen LogP contribution in [-0.4, -0.2) is 6.54 Å². The Bertz CT molecular complexity index is 465. The molecule has 2 rings (SSSR count).